The van der Waals surface area contributed by atoms with E-state index in [-0.39, 0.29) is 0 Å². The van der Waals surface area contributed by atoms with Crippen LogP contribution in [0.3, 0.4) is 0 Å². The number of nitrogens with zero attached hydrogens (tertiary/aromatic N) is 3. The lowest BCUT2D eigenvalue weighted by Crippen LogP contribution is -2.38. The molecule has 0 radical (unpaired) electrons. The van der Waals surface area contributed by atoms with Gasteiger partial charge in [-0.2, -0.15) is 0 Å². The van der Waals surface area contributed by atoms with Crippen LogP contribution >= 0.6 is 0 Å². The molecule has 0 saturated carbocycles. The third-order valence-electron chi connectivity index (χ3n) is 3.60. The van der Waals surface area contributed by atoms with Gasteiger partial charge >= 0.3 is 0 Å². The lowest BCUT2D eigenvalue weighted by atomic mass is 10.0. The molecule has 18 heavy (non-hydrogen) atoms. The predicted octanol–water partition coefficient (Wildman–Crippen LogP) is 1.63. The van der Waals surface area contributed by atoms with E-state index < -0.39 is 0 Å². The lowest BCUT2D eigenvalue weighted by molar-refractivity contribution is 0.240. The van der Waals surface area contributed by atoms with E-state index in [2.05, 4.69) is 40.7 Å². The molecule has 1 saturated heterocycles. The Morgan fingerprint density at radius 1 is 1.50 bits per heavy atom. The number of aryl methyl sites for hydroxylation is 1. The van der Waals surface area contributed by atoms with Crippen molar-refractivity contribution in [2.75, 3.05) is 19.6 Å². The van der Waals surface area contributed by atoms with E-state index in [1.807, 2.05) is 12.4 Å². The van der Waals surface area contributed by atoms with Crippen molar-refractivity contribution in [3.8, 4) is 0 Å². The first-order chi connectivity index (χ1) is 8.65. The molecular weight excluding hydrogens is 224 g/mol. The van der Waals surface area contributed by atoms with Crippen molar-refractivity contribution in [2.45, 2.75) is 39.3 Å². The van der Waals surface area contributed by atoms with Crippen molar-refractivity contribution in [3.05, 3.63) is 18.2 Å². The number of imidazole rings is 1. The van der Waals surface area contributed by atoms with Crippen molar-refractivity contribution in [3.63, 3.8) is 0 Å². The molecule has 1 fully saturated rings. The second kappa shape index (κ2) is 6.34. The Kier molecular flexibility index (Phi) is 4.78. The summed E-state index contributed by atoms with van der Waals surface area (Å²) in [6.45, 7) is 9.04. The van der Waals surface area contributed by atoms with Crippen molar-refractivity contribution >= 4 is 0 Å². The zero-order valence-corrected chi connectivity index (χ0v) is 11.9. The van der Waals surface area contributed by atoms with Crippen LogP contribution in [0.25, 0.3) is 0 Å². The van der Waals surface area contributed by atoms with Crippen LogP contribution < -0.4 is 5.32 Å². The number of rotatable bonds is 4. The zero-order valence-electron chi connectivity index (χ0n) is 11.9. The maximum absolute atomic E-state index is 4.43. The second-order valence-electron chi connectivity index (χ2n) is 5.82. The minimum Gasteiger partial charge on any atom is -0.337 e. The molecule has 1 aliphatic rings. The standard InChI is InChI=1S/C14H26N4/c1-12(2)9-13-10-18(7-4-5-15-13)11-14-16-6-8-17(14)3/h6,8,12-13,15H,4-5,7,9-11H2,1-3H3. The van der Waals surface area contributed by atoms with Crippen LogP contribution in [-0.4, -0.2) is 40.1 Å². The SMILES string of the molecule is CC(C)CC1CN(Cc2nccn2C)CCCN1. The Morgan fingerprint density at radius 2 is 2.33 bits per heavy atom. The topological polar surface area (TPSA) is 33.1 Å². The van der Waals surface area contributed by atoms with E-state index in [1.165, 1.54) is 25.2 Å². The van der Waals surface area contributed by atoms with E-state index in [0.29, 0.717) is 6.04 Å². The van der Waals surface area contributed by atoms with Crippen LogP contribution in [0.2, 0.25) is 0 Å². The number of aromatic nitrogens is 2. The van der Waals surface area contributed by atoms with Crippen molar-refractivity contribution in [1.82, 2.24) is 19.8 Å². The Bertz CT molecular complexity index is 358. The number of nitrogens with one attached hydrogen (secondary N) is 1. The van der Waals surface area contributed by atoms with Crippen LogP contribution in [0.1, 0.15) is 32.5 Å². The molecule has 1 N–H and O–H groups in total. The fraction of sp³-hybridized carbons (Fsp3) is 0.786. The molecule has 0 aromatic carbocycles. The van der Waals surface area contributed by atoms with E-state index in [1.54, 1.807) is 0 Å². The molecule has 1 aromatic rings. The molecule has 0 amide bonds. The van der Waals surface area contributed by atoms with Gasteiger partial charge in [-0.1, -0.05) is 13.8 Å². The molecule has 1 unspecified atom stereocenters. The molecule has 1 aromatic heterocycles. The summed E-state index contributed by atoms with van der Waals surface area (Å²) in [4.78, 5) is 6.96. The fourth-order valence-corrected chi connectivity index (χ4v) is 2.70. The lowest BCUT2D eigenvalue weighted by Gasteiger charge is -2.25. The van der Waals surface area contributed by atoms with Gasteiger partial charge in [-0.15, -0.1) is 0 Å². The van der Waals surface area contributed by atoms with Gasteiger partial charge in [-0.3, -0.25) is 4.90 Å². The summed E-state index contributed by atoms with van der Waals surface area (Å²) in [6.07, 6.45) is 6.41. The minimum absolute atomic E-state index is 0.632. The first-order valence-corrected chi connectivity index (χ1v) is 7.07. The van der Waals surface area contributed by atoms with Gasteiger partial charge in [0.25, 0.3) is 0 Å². The van der Waals surface area contributed by atoms with E-state index in [4.69, 9.17) is 0 Å². The monoisotopic (exact) mass is 250 g/mol. The van der Waals surface area contributed by atoms with Gasteiger partial charge < -0.3 is 9.88 Å². The highest BCUT2D eigenvalue weighted by Crippen LogP contribution is 2.11. The predicted molar refractivity (Wildman–Crippen MR) is 74.3 cm³/mol. The second-order valence-corrected chi connectivity index (χ2v) is 5.82. The Hall–Kier alpha value is -0.870. The van der Waals surface area contributed by atoms with Crippen molar-refractivity contribution < 1.29 is 0 Å². The van der Waals surface area contributed by atoms with Gasteiger partial charge in [-0.25, -0.2) is 4.98 Å². The third kappa shape index (κ3) is 3.82. The van der Waals surface area contributed by atoms with Gasteiger partial charge in [-0.05, 0) is 31.8 Å². The Labute approximate surface area is 110 Å². The summed E-state index contributed by atoms with van der Waals surface area (Å²) < 4.78 is 2.12. The maximum Gasteiger partial charge on any atom is 0.122 e. The van der Waals surface area contributed by atoms with Gasteiger partial charge in [0.1, 0.15) is 5.82 Å². The quantitative estimate of drug-likeness (QED) is 0.882. The van der Waals surface area contributed by atoms with Gasteiger partial charge in [0.05, 0.1) is 6.54 Å². The molecule has 102 valence electrons. The summed E-state index contributed by atoms with van der Waals surface area (Å²) in [6, 6.07) is 0.632. The number of hydrogen-bond donors (Lipinski definition) is 1. The highest BCUT2D eigenvalue weighted by Gasteiger charge is 2.19. The number of hydrogen-bond acceptors (Lipinski definition) is 3. The minimum atomic E-state index is 0.632. The Balaban J connectivity index is 1.92. The molecule has 2 heterocycles. The molecule has 4 heteroatoms. The van der Waals surface area contributed by atoms with Gasteiger partial charge in [0.15, 0.2) is 0 Å². The van der Waals surface area contributed by atoms with E-state index >= 15 is 0 Å². The maximum atomic E-state index is 4.43. The van der Waals surface area contributed by atoms with Crippen LogP contribution in [0, 0.1) is 5.92 Å². The summed E-state index contributed by atoms with van der Waals surface area (Å²) in [5, 5.41) is 3.67. The van der Waals surface area contributed by atoms with E-state index in [0.717, 1.165) is 25.6 Å². The molecule has 2 rings (SSSR count). The third-order valence-corrected chi connectivity index (χ3v) is 3.60. The van der Waals surface area contributed by atoms with Crippen LogP contribution in [0.5, 0.6) is 0 Å². The van der Waals surface area contributed by atoms with Crippen LogP contribution in [-0.2, 0) is 13.6 Å². The first-order valence-electron chi connectivity index (χ1n) is 7.07. The highest BCUT2D eigenvalue weighted by molar-refractivity contribution is 4.92. The smallest absolute Gasteiger partial charge is 0.122 e. The molecule has 0 spiro atoms. The molecule has 0 aliphatic carbocycles. The summed E-state index contributed by atoms with van der Waals surface area (Å²) in [5.74, 6) is 1.93. The van der Waals surface area contributed by atoms with Gasteiger partial charge in [0, 0.05) is 32.0 Å². The van der Waals surface area contributed by atoms with Crippen molar-refractivity contribution in [1.29, 1.82) is 0 Å². The Morgan fingerprint density at radius 3 is 3.00 bits per heavy atom. The normalized spacial score (nSPS) is 22.3. The fourth-order valence-electron chi connectivity index (χ4n) is 2.70. The van der Waals surface area contributed by atoms with Crippen LogP contribution in [0.4, 0.5) is 0 Å². The highest BCUT2D eigenvalue weighted by atomic mass is 15.2. The molecule has 1 atom stereocenters. The molecule has 1 aliphatic heterocycles. The van der Waals surface area contributed by atoms with E-state index in [9.17, 15) is 0 Å². The first kappa shape index (κ1) is 13.6. The molecular formula is C14H26N4. The summed E-state index contributed by atoms with van der Waals surface area (Å²) in [7, 11) is 2.07. The van der Waals surface area contributed by atoms with Crippen molar-refractivity contribution in [2.24, 2.45) is 13.0 Å². The van der Waals surface area contributed by atoms with Crippen LogP contribution in [0.15, 0.2) is 12.4 Å². The summed E-state index contributed by atoms with van der Waals surface area (Å²) in [5.41, 5.74) is 0. The largest absolute Gasteiger partial charge is 0.337 e. The average molecular weight is 250 g/mol. The van der Waals surface area contributed by atoms with Gasteiger partial charge in [0.2, 0.25) is 0 Å². The molecule has 4 nitrogen and oxygen atoms in total. The summed E-state index contributed by atoms with van der Waals surface area (Å²) >= 11 is 0. The molecule has 0 bridgehead atoms. The average Bonchev–Trinajstić information content (AvgIpc) is 2.58. The zero-order chi connectivity index (χ0) is 13.0.